The number of phenols is 1. The van der Waals surface area contributed by atoms with E-state index in [0.717, 1.165) is 5.56 Å². The zero-order valence-electron chi connectivity index (χ0n) is 21.8. The van der Waals surface area contributed by atoms with Crippen molar-refractivity contribution in [2.45, 2.75) is 24.5 Å². The number of carbonyl (C=O) groups is 3. The number of nitrogens with zero attached hydrogens (tertiary/aromatic N) is 1. The molecule has 2 aromatic carbocycles. The second kappa shape index (κ2) is 10.8. The van der Waals surface area contributed by atoms with Gasteiger partial charge in [0.1, 0.15) is 22.8 Å². The first kappa shape index (κ1) is 31.1. The Morgan fingerprint density at radius 3 is 2.28 bits per heavy atom. The van der Waals surface area contributed by atoms with Crippen LogP contribution in [0.1, 0.15) is 17.5 Å². The summed E-state index contributed by atoms with van der Waals surface area (Å²) >= 11 is 0. The van der Waals surface area contributed by atoms with E-state index in [1.807, 2.05) is 30.3 Å². The van der Waals surface area contributed by atoms with Crippen LogP contribution in [0.4, 0.5) is 5.69 Å². The van der Waals surface area contributed by atoms with Gasteiger partial charge in [0.15, 0.2) is 11.4 Å². The number of hydrogen-bond acceptors (Lipinski definition) is 9. The van der Waals surface area contributed by atoms with Crippen LogP contribution in [-0.2, 0) is 20.8 Å². The van der Waals surface area contributed by atoms with Gasteiger partial charge in [-0.25, -0.2) is 0 Å². The van der Waals surface area contributed by atoms with Gasteiger partial charge in [0.05, 0.1) is 17.3 Å². The van der Waals surface area contributed by atoms with Crippen molar-refractivity contribution in [2.24, 2.45) is 17.6 Å². The summed E-state index contributed by atoms with van der Waals surface area (Å²) in [5, 5.41) is 44.7. The molecular weight excluding hydrogens is 528 g/mol. The average molecular weight is 555 g/mol. The van der Waals surface area contributed by atoms with E-state index in [1.54, 1.807) is 20.2 Å². The van der Waals surface area contributed by atoms with E-state index in [4.69, 9.17) is 11.5 Å². The molecule has 0 spiro atoms. The predicted octanol–water partition coefficient (Wildman–Crippen LogP) is -2.16. The molecule has 12 heteroatoms. The number of aliphatic hydroxyl groups is 3. The molecule has 5 rings (SSSR count). The van der Waals surface area contributed by atoms with Gasteiger partial charge in [-0.2, -0.15) is 0 Å². The van der Waals surface area contributed by atoms with Crippen LogP contribution in [0, 0.1) is 11.8 Å². The maximum atomic E-state index is 13.8. The fourth-order valence-electron chi connectivity index (χ4n) is 6.17. The number of ketones is 2. The minimum absolute atomic E-state index is 0. The largest absolute Gasteiger partial charge is 1.00 e. The van der Waals surface area contributed by atoms with Gasteiger partial charge in [-0.05, 0) is 50.0 Å². The van der Waals surface area contributed by atoms with Crippen molar-refractivity contribution < 1.29 is 86.2 Å². The van der Waals surface area contributed by atoms with Gasteiger partial charge in [-0.1, -0.05) is 30.3 Å². The van der Waals surface area contributed by atoms with Crippen molar-refractivity contribution in [3.05, 3.63) is 64.4 Å². The Morgan fingerprint density at radius 1 is 1.10 bits per heavy atom. The Hall–Kier alpha value is -2.45. The van der Waals surface area contributed by atoms with Gasteiger partial charge in [0, 0.05) is 17.1 Å². The third-order valence-corrected chi connectivity index (χ3v) is 7.84. The summed E-state index contributed by atoms with van der Waals surface area (Å²) in [7, 11) is 3.11. The van der Waals surface area contributed by atoms with Gasteiger partial charge >= 0.3 is 51.4 Å². The van der Waals surface area contributed by atoms with E-state index in [-0.39, 0.29) is 89.5 Å². The summed E-state index contributed by atoms with van der Waals surface area (Å²) in [5.41, 5.74) is 9.63. The van der Waals surface area contributed by atoms with Crippen LogP contribution in [0.25, 0.3) is 16.9 Å². The third kappa shape index (κ3) is 4.38. The number of rotatable bonds is 3. The molecule has 0 unspecified atom stereocenters. The van der Waals surface area contributed by atoms with Crippen molar-refractivity contribution in [3.8, 4) is 16.9 Å². The Kier molecular flexibility index (Phi) is 8.65. The van der Waals surface area contributed by atoms with E-state index in [0.29, 0.717) is 11.1 Å². The zero-order chi connectivity index (χ0) is 27.0. The number of anilines is 1. The van der Waals surface area contributed by atoms with Gasteiger partial charge in [-0.3, -0.25) is 19.3 Å². The zero-order valence-corrected chi connectivity index (χ0v) is 24.9. The molecular formula is C27H27BKN3O7. The van der Waals surface area contributed by atoms with Crippen molar-refractivity contribution in [3.63, 3.8) is 0 Å². The number of amides is 1. The number of aliphatic hydroxyl groups excluding tert-OH is 2. The van der Waals surface area contributed by atoms with E-state index in [1.165, 1.54) is 4.90 Å². The number of carbonyl (C=O) groups excluding carboxylic acids is 3. The molecule has 8 N–H and O–H groups in total. The Morgan fingerprint density at radius 2 is 1.72 bits per heavy atom. The maximum Gasteiger partial charge on any atom is 1.00 e. The smallest absolute Gasteiger partial charge is 1.00 e. The molecule has 4 atom stereocenters. The number of phenolic OH excluding ortho intramolecular Hbond substituents is 1. The topological polar surface area (TPSA) is 187 Å². The molecule has 3 aliphatic rings. The molecule has 0 heterocycles. The van der Waals surface area contributed by atoms with E-state index < -0.39 is 63.8 Å². The summed E-state index contributed by atoms with van der Waals surface area (Å²) < 4.78 is 0. The number of fused-ring (bicyclic) bond motifs is 3. The molecule has 39 heavy (non-hydrogen) atoms. The van der Waals surface area contributed by atoms with Gasteiger partial charge < -0.3 is 40.3 Å². The fourth-order valence-corrected chi connectivity index (χ4v) is 6.17. The van der Waals surface area contributed by atoms with Crippen LogP contribution in [0.15, 0.2) is 53.3 Å². The number of likely N-dealkylation sites (N-methyl/N-ethyl adjacent to an activating group) is 1. The normalized spacial score (nSPS) is 25.8. The molecule has 4 radical (unpaired) electrons. The van der Waals surface area contributed by atoms with Crippen molar-refractivity contribution in [1.29, 1.82) is 0 Å². The van der Waals surface area contributed by atoms with E-state index >= 15 is 0 Å². The SMILES string of the molecule is CN(C)[C@@H]1C(=O)C(C(N)=O)=C(O)[C@@]2(O)C(=O)C3=C(O)c4c(cc(-c5ccccc5)c(N)c4O)C[C@H]3C[C@@H]12.[B-].[K+]. The number of primary amides is 1. The molecule has 2 aromatic rings. The van der Waals surface area contributed by atoms with Crippen LogP contribution in [0.3, 0.4) is 0 Å². The minimum atomic E-state index is -2.67. The molecule has 1 fully saturated rings. The van der Waals surface area contributed by atoms with Crippen LogP contribution in [0.2, 0.25) is 0 Å². The quantitative estimate of drug-likeness (QED) is 0.106. The number of Topliss-reactive ketones (excluding diaryl/α,β-unsaturated/α-hetero) is 2. The minimum Gasteiger partial charge on any atom is -1.00 e. The monoisotopic (exact) mass is 555 g/mol. The van der Waals surface area contributed by atoms with E-state index in [2.05, 4.69) is 0 Å². The predicted molar refractivity (Wildman–Crippen MR) is 140 cm³/mol. The molecule has 196 valence electrons. The van der Waals surface area contributed by atoms with Crippen LogP contribution in [0.5, 0.6) is 5.75 Å². The summed E-state index contributed by atoms with van der Waals surface area (Å²) in [6.07, 6.45) is 0.222. The van der Waals surface area contributed by atoms with Crippen LogP contribution in [-0.4, -0.2) is 77.0 Å². The molecule has 0 aliphatic heterocycles. The average Bonchev–Trinajstić information content (AvgIpc) is 2.83. The van der Waals surface area contributed by atoms with Crippen LogP contribution >= 0.6 is 0 Å². The Labute approximate surface area is 269 Å². The number of aromatic hydroxyl groups is 1. The molecule has 1 amide bonds. The van der Waals surface area contributed by atoms with Gasteiger partial charge in [-0.15, -0.1) is 0 Å². The van der Waals surface area contributed by atoms with E-state index in [9.17, 15) is 34.8 Å². The van der Waals surface area contributed by atoms with Gasteiger partial charge in [0.25, 0.3) is 5.91 Å². The molecule has 0 aromatic heterocycles. The molecule has 0 bridgehead atoms. The standard InChI is InChI=1S/C27H27N3O7.B.K/c1-30(2)20-15-10-13-8-12-9-14(11-6-4-3-5-7-11)19(28)22(32)16(12)21(31)17(13)24(34)27(15,37)25(35)18(23(20)33)26(29)36;;/h3-7,9,13,15,20,31-32,35,37H,8,10,28H2,1-2H3,(H2,29,36);;/q;-1;+1/t13-,15-,20-,27-;;/m0../s1. The molecule has 1 saturated carbocycles. The number of hydrogen-bond donors (Lipinski definition) is 6. The summed E-state index contributed by atoms with van der Waals surface area (Å²) in [6, 6.07) is 9.76. The number of nitrogen functional groups attached to an aromatic ring is 1. The molecule has 3 aliphatic carbocycles. The second-order valence-electron chi connectivity index (χ2n) is 10.0. The maximum absolute atomic E-state index is 13.8. The fraction of sp³-hybridized carbons (Fsp3) is 0.296. The summed E-state index contributed by atoms with van der Waals surface area (Å²) in [5.74, 6) is -6.99. The van der Waals surface area contributed by atoms with Crippen molar-refractivity contribution in [1.82, 2.24) is 4.90 Å². The summed E-state index contributed by atoms with van der Waals surface area (Å²) in [4.78, 5) is 40.5. The third-order valence-electron chi connectivity index (χ3n) is 7.84. The first-order chi connectivity index (χ1) is 17.4. The Bertz CT molecular complexity index is 1460. The second-order valence-corrected chi connectivity index (χ2v) is 10.0. The first-order valence-corrected chi connectivity index (χ1v) is 11.8. The van der Waals surface area contributed by atoms with Crippen molar-refractivity contribution in [2.75, 3.05) is 19.8 Å². The van der Waals surface area contributed by atoms with Gasteiger partial charge in [0.2, 0.25) is 5.78 Å². The van der Waals surface area contributed by atoms with Crippen LogP contribution < -0.4 is 62.9 Å². The summed E-state index contributed by atoms with van der Waals surface area (Å²) in [6.45, 7) is 0. The first-order valence-electron chi connectivity index (χ1n) is 11.8. The number of nitrogens with two attached hydrogens (primary N) is 2. The Balaban J connectivity index is 0.00000210. The molecule has 0 saturated heterocycles. The molecule has 10 nitrogen and oxygen atoms in total. The van der Waals surface area contributed by atoms with Crippen molar-refractivity contribution >= 4 is 37.3 Å². The number of benzene rings is 2.